The van der Waals surface area contributed by atoms with Crippen molar-refractivity contribution in [2.75, 3.05) is 0 Å². The summed E-state index contributed by atoms with van der Waals surface area (Å²) in [7, 11) is 0. The van der Waals surface area contributed by atoms with Gasteiger partial charge in [0, 0.05) is 11.4 Å². The van der Waals surface area contributed by atoms with E-state index in [2.05, 4.69) is 4.99 Å². The van der Waals surface area contributed by atoms with E-state index in [-0.39, 0.29) is 11.5 Å². The van der Waals surface area contributed by atoms with Gasteiger partial charge in [0.25, 0.3) is 0 Å². The molecule has 0 atom stereocenters. The first kappa shape index (κ1) is 19.1. The molecule has 4 nitrogen and oxygen atoms in total. The minimum Gasteiger partial charge on any atom is -0.402 e. The Balaban J connectivity index is 0. The molecule has 0 amide bonds. The number of nitrogens with zero attached hydrogens (tertiary/aromatic N) is 1. The number of nitrogens with two attached hydrogens (primary N) is 2. The number of hydrogen-bond acceptors (Lipinski definition) is 3. The Morgan fingerprint density at radius 1 is 1.17 bits per heavy atom. The predicted octanol–water partition coefficient (Wildman–Crippen LogP) is 3.52. The third-order valence-corrected chi connectivity index (χ3v) is 2.53. The Morgan fingerprint density at radius 3 is 1.89 bits per heavy atom. The van der Waals surface area contributed by atoms with Crippen LogP contribution in [-0.2, 0) is 0 Å². The first-order chi connectivity index (χ1) is 8.31. The lowest BCUT2D eigenvalue weighted by Gasteiger charge is -2.07. The zero-order chi connectivity index (χ0) is 14.9. The number of aliphatic imine (C=N–C) groups is 1. The summed E-state index contributed by atoms with van der Waals surface area (Å²) >= 11 is 5.96. The van der Waals surface area contributed by atoms with Gasteiger partial charge < -0.3 is 16.9 Å². The Bertz CT molecular complexity index is 374. The van der Waals surface area contributed by atoms with Crippen molar-refractivity contribution in [3.8, 4) is 0 Å². The molecule has 0 saturated heterocycles. The van der Waals surface area contributed by atoms with Crippen molar-refractivity contribution >= 4 is 23.1 Å². The van der Waals surface area contributed by atoms with Crippen molar-refractivity contribution in [3.63, 3.8) is 0 Å². The second kappa shape index (κ2) is 9.71. The quantitative estimate of drug-likeness (QED) is 0.415. The summed E-state index contributed by atoms with van der Waals surface area (Å²) < 4.78 is 0. The van der Waals surface area contributed by atoms with E-state index in [4.69, 9.17) is 28.5 Å². The van der Waals surface area contributed by atoms with Crippen LogP contribution in [0.5, 0.6) is 0 Å². The molecule has 0 rings (SSSR count). The van der Waals surface area contributed by atoms with Gasteiger partial charge in [0.15, 0.2) is 0 Å². The standard InChI is InChI=1S/C11H19ClN4.C2H6/c1-5-6(2)10(12)16-11(15)9(7(3)13)8(4)14;1-2/h13H,5,14H2,1-4H3,(H2,15,16);1-2H3/b9-8+,10-6+,13-7?;. The molecule has 0 fully saturated rings. The molecule has 0 aromatic rings. The monoisotopic (exact) mass is 272 g/mol. The molecule has 0 aliphatic heterocycles. The summed E-state index contributed by atoms with van der Waals surface area (Å²) in [6, 6.07) is 0. The van der Waals surface area contributed by atoms with Crippen LogP contribution in [-0.4, -0.2) is 11.5 Å². The highest BCUT2D eigenvalue weighted by Crippen LogP contribution is 2.15. The average Bonchev–Trinajstić information content (AvgIpc) is 2.29. The van der Waals surface area contributed by atoms with E-state index in [0.717, 1.165) is 12.0 Å². The van der Waals surface area contributed by atoms with Gasteiger partial charge in [-0.3, -0.25) is 0 Å². The molecule has 0 bridgehead atoms. The maximum Gasteiger partial charge on any atom is 0.135 e. The molecule has 0 aromatic carbocycles. The highest BCUT2D eigenvalue weighted by Gasteiger charge is 2.09. The van der Waals surface area contributed by atoms with E-state index >= 15 is 0 Å². The fraction of sp³-hybridized carbons (Fsp3) is 0.538. The van der Waals surface area contributed by atoms with E-state index in [1.807, 2.05) is 27.7 Å². The molecule has 5 N–H and O–H groups in total. The van der Waals surface area contributed by atoms with Gasteiger partial charge >= 0.3 is 0 Å². The lowest BCUT2D eigenvalue weighted by molar-refractivity contribution is 1.07. The normalized spacial score (nSPS) is 14.1. The topological polar surface area (TPSA) is 88.2 Å². The fourth-order valence-electron chi connectivity index (χ4n) is 1.09. The summed E-state index contributed by atoms with van der Waals surface area (Å²) in [5.74, 6) is 0.185. The van der Waals surface area contributed by atoms with Gasteiger partial charge in [-0.05, 0) is 32.8 Å². The van der Waals surface area contributed by atoms with Crippen molar-refractivity contribution in [3.05, 3.63) is 22.0 Å². The highest BCUT2D eigenvalue weighted by atomic mass is 35.5. The van der Waals surface area contributed by atoms with E-state index in [1.54, 1.807) is 13.8 Å². The number of hydrogen-bond donors (Lipinski definition) is 3. The van der Waals surface area contributed by atoms with Crippen LogP contribution in [0.2, 0.25) is 0 Å². The molecule has 0 aliphatic carbocycles. The SMILES string of the molecule is CC.CC/C(C)=C(Cl)/N=C(N)\C(C(C)=N)=C(/C)N. The molecule has 0 saturated carbocycles. The zero-order valence-corrected chi connectivity index (χ0v) is 12.9. The van der Waals surface area contributed by atoms with Crippen molar-refractivity contribution in [2.45, 2.75) is 48.0 Å². The van der Waals surface area contributed by atoms with Crippen LogP contribution in [0.3, 0.4) is 0 Å². The second-order valence-corrected chi connectivity index (χ2v) is 3.96. The number of amidine groups is 1. The molecule has 18 heavy (non-hydrogen) atoms. The largest absolute Gasteiger partial charge is 0.402 e. The van der Waals surface area contributed by atoms with Crippen LogP contribution in [0.1, 0.15) is 48.0 Å². The van der Waals surface area contributed by atoms with Crippen LogP contribution in [0, 0.1) is 5.41 Å². The first-order valence-corrected chi connectivity index (χ1v) is 6.40. The lowest BCUT2D eigenvalue weighted by atomic mass is 10.1. The number of nitrogens with one attached hydrogen (secondary N) is 1. The molecular formula is C13H25ClN4. The molecule has 0 radical (unpaired) electrons. The van der Waals surface area contributed by atoms with E-state index in [9.17, 15) is 0 Å². The maximum atomic E-state index is 7.55. The third-order valence-electron chi connectivity index (χ3n) is 2.13. The zero-order valence-electron chi connectivity index (χ0n) is 12.2. The summed E-state index contributed by atoms with van der Waals surface area (Å²) in [5.41, 5.74) is 13.5. The number of halogens is 1. The van der Waals surface area contributed by atoms with Gasteiger partial charge in [0.1, 0.15) is 11.0 Å². The molecular weight excluding hydrogens is 248 g/mol. The van der Waals surface area contributed by atoms with Crippen molar-refractivity contribution < 1.29 is 0 Å². The Hall–Kier alpha value is -1.29. The Kier molecular flexibility index (Phi) is 10.3. The van der Waals surface area contributed by atoms with Crippen LogP contribution in [0.25, 0.3) is 0 Å². The van der Waals surface area contributed by atoms with Crippen LogP contribution >= 0.6 is 11.6 Å². The fourth-order valence-corrected chi connectivity index (χ4v) is 1.32. The minimum atomic E-state index is 0.185. The highest BCUT2D eigenvalue weighted by molar-refractivity contribution is 6.31. The van der Waals surface area contributed by atoms with E-state index in [0.29, 0.717) is 16.4 Å². The molecule has 5 heteroatoms. The van der Waals surface area contributed by atoms with Gasteiger partial charge in [0.2, 0.25) is 0 Å². The molecule has 0 aliphatic rings. The van der Waals surface area contributed by atoms with Gasteiger partial charge in [0.05, 0.1) is 5.57 Å². The van der Waals surface area contributed by atoms with Gasteiger partial charge in [-0.1, -0.05) is 32.4 Å². The van der Waals surface area contributed by atoms with Gasteiger partial charge in [-0.15, -0.1) is 0 Å². The summed E-state index contributed by atoms with van der Waals surface area (Å²) in [6.45, 7) is 11.2. The number of allylic oxidation sites excluding steroid dienone is 2. The third kappa shape index (κ3) is 6.45. The second-order valence-electron chi connectivity index (χ2n) is 3.60. The van der Waals surface area contributed by atoms with E-state index in [1.165, 1.54) is 0 Å². The van der Waals surface area contributed by atoms with Crippen molar-refractivity contribution in [2.24, 2.45) is 16.5 Å². The Morgan fingerprint density at radius 2 is 1.61 bits per heavy atom. The molecule has 104 valence electrons. The first-order valence-electron chi connectivity index (χ1n) is 6.02. The average molecular weight is 273 g/mol. The van der Waals surface area contributed by atoms with Crippen LogP contribution in [0.4, 0.5) is 0 Å². The van der Waals surface area contributed by atoms with Crippen LogP contribution < -0.4 is 11.5 Å². The smallest absolute Gasteiger partial charge is 0.135 e. The summed E-state index contributed by atoms with van der Waals surface area (Å²) in [5, 5.41) is 7.91. The van der Waals surface area contributed by atoms with Crippen molar-refractivity contribution in [1.82, 2.24) is 0 Å². The van der Waals surface area contributed by atoms with Gasteiger partial charge in [-0.25, -0.2) is 4.99 Å². The molecule has 0 unspecified atom stereocenters. The number of rotatable bonds is 4. The van der Waals surface area contributed by atoms with Crippen LogP contribution in [0.15, 0.2) is 27.0 Å². The minimum absolute atomic E-state index is 0.185. The molecule has 0 heterocycles. The predicted molar refractivity (Wildman–Crippen MR) is 82.1 cm³/mol. The summed E-state index contributed by atoms with van der Waals surface area (Å²) in [6.07, 6.45) is 0.805. The molecule has 0 aromatic heterocycles. The van der Waals surface area contributed by atoms with E-state index < -0.39 is 0 Å². The summed E-state index contributed by atoms with van der Waals surface area (Å²) in [4.78, 5) is 4.05. The maximum absolute atomic E-state index is 7.55. The van der Waals surface area contributed by atoms with Crippen molar-refractivity contribution in [1.29, 1.82) is 5.41 Å². The molecule has 0 spiro atoms. The Labute approximate surface area is 115 Å². The lowest BCUT2D eigenvalue weighted by Crippen LogP contribution is -2.23. The van der Waals surface area contributed by atoms with Gasteiger partial charge in [-0.2, -0.15) is 0 Å².